The molecule has 20 heavy (non-hydrogen) atoms. The average Bonchev–Trinajstić information content (AvgIpc) is 2.94. The highest BCUT2D eigenvalue weighted by molar-refractivity contribution is 5.16. The number of aromatic nitrogens is 2. The Morgan fingerprint density at radius 2 is 2.05 bits per heavy atom. The van der Waals surface area contributed by atoms with Crippen LogP contribution in [0.1, 0.15) is 63.6 Å². The predicted octanol–water partition coefficient (Wildman–Crippen LogP) is 2.57. The second-order valence-corrected chi connectivity index (χ2v) is 6.56. The number of hydrogen-bond donors (Lipinski definition) is 1. The summed E-state index contributed by atoms with van der Waals surface area (Å²) in [7, 11) is 0. The number of fused-ring (bicyclic) bond motifs is 1. The fourth-order valence-electron chi connectivity index (χ4n) is 3.45. The van der Waals surface area contributed by atoms with Gasteiger partial charge in [0.05, 0.1) is 6.61 Å². The van der Waals surface area contributed by atoms with Crippen molar-refractivity contribution in [2.75, 3.05) is 13.2 Å². The zero-order valence-corrected chi connectivity index (χ0v) is 12.5. The van der Waals surface area contributed by atoms with Crippen molar-refractivity contribution in [3.8, 4) is 0 Å². The molecule has 2 N–H and O–H groups in total. The minimum atomic E-state index is -0.670. The number of ether oxygens (including phenoxy) is 1. The molecule has 0 aromatic carbocycles. The van der Waals surface area contributed by atoms with Crippen LogP contribution in [0.5, 0.6) is 0 Å². The highest BCUT2D eigenvalue weighted by Crippen LogP contribution is 2.60. The van der Waals surface area contributed by atoms with E-state index in [4.69, 9.17) is 15.0 Å². The smallest absolute Gasteiger partial charge is 0.230 e. The summed E-state index contributed by atoms with van der Waals surface area (Å²) in [6.07, 6.45) is 6.30. The van der Waals surface area contributed by atoms with E-state index < -0.39 is 5.54 Å². The van der Waals surface area contributed by atoms with Crippen LogP contribution in [0, 0.1) is 11.8 Å². The number of rotatable bonds is 6. The summed E-state index contributed by atoms with van der Waals surface area (Å²) in [6, 6.07) is 0. The Balaban J connectivity index is 1.64. The molecule has 0 saturated heterocycles. The maximum Gasteiger partial charge on any atom is 0.230 e. The summed E-state index contributed by atoms with van der Waals surface area (Å²) in [5, 5.41) is 4.09. The van der Waals surface area contributed by atoms with E-state index in [2.05, 4.69) is 17.1 Å². The van der Waals surface area contributed by atoms with Crippen LogP contribution < -0.4 is 5.73 Å². The van der Waals surface area contributed by atoms with Crippen LogP contribution in [0.25, 0.3) is 0 Å². The van der Waals surface area contributed by atoms with Gasteiger partial charge in [-0.3, -0.25) is 0 Å². The van der Waals surface area contributed by atoms with Gasteiger partial charge >= 0.3 is 0 Å². The minimum absolute atomic E-state index is 0.428. The summed E-state index contributed by atoms with van der Waals surface area (Å²) in [4.78, 5) is 4.56. The molecule has 2 fully saturated rings. The summed E-state index contributed by atoms with van der Waals surface area (Å²) < 4.78 is 11.0. The van der Waals surface area contributed by atoms with Crippen LogP contribution in [0.4, 0.5) is 0 Å². The SMILES string of the molecule is CCCOCC(C)(N)c1noc(C2C3CCCCC32)n1. The van der Waals surface area contributed by atoms with Gasteiger partial charge in [0.25, 0.3) is 0 Å². The van der Waals surface area contributed by atoms with Crippen molar-refractivity contribution in [1.82, 2.24) is 10.1 Å². The van der Waals surface area contributed by atoms with Gasteiger partial charge in [-0.25, -0.2) is 0 Å². The zero-order valence-electron chi connectivity index (χ0n) is 12.5. The molecule has 1 heterocycles. The number of hydrogen-bond acceptors (Lipinski definition) is 5. The largest absolute Gasteiger partial charge is 0.379 e. The highest BCUT2D eigenvalue weighted by atomic mass is 16.5. The third-order valence-corrected chi connectivity index (χ3v) is 4.64. The third kappa shape index (κ3) is 2.61. The van der Waals surface area contributed by atoms with Crippen molar-refractivity contribution in [2.24, 2.45) is 17.6 Å². The number of nitrogens with zero attached hydrogens (tertiary/aromatic N) is 2. The molecular formula is C15H25N3O2. The van der Waals surface area contributed by atoms with E-state index in [1.165, 1.54) is 25.7 Å². The molecule has 3 unspecified atom stereocenters. The van der Waals surface area contributed by atoms with Crippen molar-refractivity contribution < 1.29 is 9.26 Å². The minimum Gasteiger partial charge on any atom is -0.379 e. The van der Waals surface area contributed by atoms with E-state index in [1.54, 1.807) is 0 Å². The van der Waals surface area contributed by atoms with Crippen LogP contribution in [-0.4, -0.2) is 23.4 Å². The van der Waals surface area contributed by atoms with Gasteiger partial charge in [0.15, 0.2) is 5.82 Å². The van der Waals surface area contributed by atoms with Crippen molar-refractivity contribution >= 4 is 0 Å². The van der Waals surface area contributed by atoms with Crippen LogP contribution in [0.2, 0.25) is 0 Å². The van der Waals surface area contributed by atoms with Crippen LogP contribution in [0.15, 0.2) is 4.52 Å². The first-order valence-electron chi connectivity index (χ1n) is 7.84. The Kier molecular flexibility index (Phi) is 3.82. The van der Waals surface area contributed by atoms with E-state index >= 15 is 0 Å². The molecule has 0 amide bonds. The van der Waals surface area contributed by atoms with Crippen molar-refractivity contribution in [1.29, 1.82) is 0 Å². The fraction of sp³-hybridized carbons (Fsp3) is 0.867. The molecule has 5 nitrogen and oxygen atoms in total. The molecule has 0 radical (unpaired) electrons. The Morgan fingerprint density at radius 3 is 2.70 bits per heavy atom. The Morgan fingerprint density at radius 1 is 1.35 bits per heavy atom. The van der Waals surface area contributed by atoms with E-state index in [1.807, 2.05) is 6.92 Å². The Labute approximate surface area is 120 Å². The van der Waals surface area contributed by atoms with Gasteiger partial charge in [-0.2, -0.15) is 4.98 Å². The van der Waals surface area contributed by atoms with Crippen molar-refractivity contribution in [3.05, 3.63) is 11.7 Å². The maximum atomic E-state index is 6.25. The standard InChI is InChI=1S/C15H25N3O2/c1-3-8-19-9-15(2,16)14-17-13(20-18-14)12-10-6-4-5-7-11(10)12/h10-12H,3-9,16H2,1-2H3. The first-order valence-corrected chi connectivity index (χ1v) is 7.84. The van der Waals surface area contributed by atoms with E-state index in [0.717, 1.165) is 24.1 Å². The van der Waals surface area contributed by atoms with E-state index in [9.17, 15) is 0 Å². The quantitative estimate of drug-likeness (QED) is 0.810. The third-order valence-electron chi connectivity index (χ3n) is 4.64. The maximum absolute atomic E-state index is 6.25. The molecular weight excluding hydrogens is 254 g/mol. The van der Waals surface area contributed by atoms with Gasteiger partial charge in [-0.15, -0.1) is 0 Å². The van der Waals surface area contributed by atoms with Crippen molar-refractivity contribution in [2.45, 2.75) is 57.4 Å². The van der Waals surface area contributed by atoms with Gasteiger partial charge in [0, 0.05) is 12.5 Å². The van der Waals surface area contributed by atoms with E-state index in [0.29, 0.717) is 25.0 Å². The van der Waals surface area contributed by atoms with Gasteiger partial charge < -0.3 is 15.0 Å². The second kappa shape index (κ2) is 5.45. The Hall–Kier alpha value is -0.940. The van der Waals surface area contributed by atoms with Gasteiger partial charge in [-0.1, -0.05) is 24.9 Å². The van der Waals surface area contributed by atoms with E-state index in [-0.39, 0.29) is 0 Å². The molecule has 5 heteroatoms. The lowest BCUT2D eigenvalue weighted by Gasteiger charge is -2.19. The van der Waals surface area contributed by atoms with Crippen LogP contribution in [0.3, 0.4) is 0 Å². The molecule has 2 aliphatic carbocycles. The summed E-state index contributed by atoms with van der Waals surface area (Å²) in [5.41, 5.74) is 5.58. The van der Waals surface area contributed by atoms with Gasteiger partial charge in [0.2, 0.25) is 5.89 Å². The molecule has 2 saturated carbocycles. The van der Waals surface area contributed by atoms with Gasteiger partial charge in [0.1, 0.15) is 5.54 Å². The lowest BCUT2D eigenvalue weighted by atomic mass is 10.0. The van der Waals surface area contributed by atoms with Crippen molar-refractivity contribution in [3.63, 3.8) is 0 Å². The zero-order chi connectivity index (χ0) is 14.2. The first-order chi connectivity index (χ1) is 9.63. The Bertz CT molecular complexity index is 446. The topological polar surface area (TPSA) is 74.2 Å². The van der Waals surface area contributed by atoms with Gasteiger partial charge in [-0.05, 0) is 38.0 Å². The molecule has 0 spiro atoms. The molecule has 0 aliphatic heterocycles. The molecule has 3 rings (SSSR count). The molecule has 1 aromatic heterocycles. The lowest BCUT2D eigenvalue weighted by Crippen LogP contribution is -2.39. The monoisotopic (exact) mass is 279 g/mol. The first kappa shape index (κ1) is 14.0. The summed E-state index contributed by atoms with van der Waals surface area (Å²) in [5.74, 6) is 3.41. The molecule has 0 bridgehead atoms. The molecule has 3 atom stereocenters. The average molecular weight is 279 g/mol. The molecule has 112 valence electrons. The fourth-order valence-corrected chi connectivity index (χ4v) is 3.45. The highest BCUT2D eigenvalue weighted by Gasteiger charge is 2.54. The van der Waals surface area contributed by atoms with Crippen LogP contribution >= 0.6 is 0 Å². The molecule has 2 aliphatic rings. The summed E-state index contributed by atoms with van der Waals surface area (Å²) in [6.45, 7) is 5.12. The predicted molar refractivity (Wildman–Crippen MR) is 75.1 cm³/mol. The van der Waals surface area contributed by atoms with Crippen LogP contribution in [-0.2, 0) is 10.3 Å². The second-order valence-electron chi connectivity index (χ2n) is 6.56. The number of nitrogens with two attached hydrogens (primary N) is 1. The molecule has 1 aromatic rings. The lowest BCUT2D eigenvalue weighted by molar-refractivity contribution is 0.0867. The normalized spacial score (nSPS) is 31.6. The summed E-state index contributed by atoms with van der Waals surface area (Å²) >= 11 is 0.